The Balaban J connectivity index is 1.88. The van der Waals surface area contributed by atoms with Crippen LogP contribution in [0.5, 0.6) is 0 Å². The zero-order valence-corrected chi connectivity index (χ0v) is 14.6. The average molecular weight is 409 g/mol. The largest absolute Gasteiger partial charge is 0.465 e. The van der Waals surface area contributed by atoms with E-state index in [9.17, 15) is 14.0 Å². The fourth-order valence-corrected chi connectivity index (χ4v) is 3.94. The molecule has 0 spiro atoms. The standard InChI is InChI=1S/C16H14BrFN4O3/c17-9-1-2-10(18)14-13(9)15-19-12(23)7-11(22(15)20-14)8-3-5-21(6-4-8)16(24)25/h1-2,7-8H,3-6H2,(H,19,23)(H,24,25). The summed E-state index contributed by atoms with van der Waals surface area (Å²) in [5.74, 6) is -0.481. The summed E-state index contributed by atoms with van der Waals surface area (Å²) in [7, 11) is 0. The fraction of sp³-hybridized carbons (Fsp3) is 0.312. The monoisotopic (exact) mass is 408 g/mol. The molecule has 2 aromatic heterocycles. The number of H-pyrrole nitrogens is 1. The molecule has 2 N–H and O–H groups in total. The highest BCUT2D eigenvalue weighted by molar-refractivity contribution is 9.10. The molecule has 3 aromatic rings. The van der Waals surface area contributed by atoms with Crippen molar-refractivity contribution < 1.29 is 14.3 Å². The van der Waals surface area contributed by atoms with E-state index in [1.807, 2.05) is 0 Å². The first-order chi connectivity index (χ1) is 12.0. The molecule has 3 heterocycles. The summed E-state index contributed by atoms with van der Waals surface area (Å²) >= 11 is 3.39. The molecule has 1 aliphatic heterocycles. The van der Waals surface area contributed by atoms with E-state index in [-0.39, 0.29) is 17.0 Å². The molecule has 0 bridgehead atoms. The number of amides is 1. The molecule has 1 amide bonds. The minimum Gasteiger partial charge on any atom is -0.465 e. The van der Waals surface area contributed by atoms with Gasteiger partial charge in [-0.15, -0.1) is 0 Å². The number of carbonyl (C=O) groups is 1. The lowest BCUT2D eigenvalue weighted by molar-refractivity contribution is 0.131. The molecule has 0 saturated carbocycles. The lowest BCUT2D eigenvalue weighted by Gasteiger charge is -2.30. The number of fused-ring (bicyclic) bond motifs is 3. The zero-order chi connectivity index (χ0) is 17.7. The number of likely N-dealkylation sites (tertiary alicyclic amines) is 1. The molecule has 7 nitrogen and oxygen atoms in total. The number of hydrogen-bond donors (Lipinski definition) is 2. The van der Waals surface area contributed by atoms with Gasteiger partial charge in [-0.3, -0.25) is 4.79 Å². The van der Waals surface area contributed by atoms with Gasteiger partial charge >= 0.3 is 6.09 Å². The van der Waals surface area contributed by atoms with Gasteiger partial charge < -0.3 is 15.0 Å². The summed E-state index contributed by atoms with van der Waals surface area (Å²) in [4.78, 5) is 27.3. The smallest absolute Gasteiger partial charge is 0.407 e. The van der Waals surface area contributed by atoms with E-state index < -0.39 is 11.9 Å². The van der Waals surface area contributed by atoms with Crippen LogP contribution >= 0.6 is 15.9 Å². The van der Waals surface area contributed by atoms with E-state index in [1.165, 1.54) is 17.0 Å². The topological polar surface area (TPSA) is 90.7 Å². The van der Waals surface area contributed by atoms with Crippen LogP contribution in [0.25, 0.3) is 16.6 Å². The maximum absolute atomic E-state index is 14.2. The van der Waals surface area contributed by atoms with Crippen LogP contribution in [0, 0.1) is 5.82 Å². The van der Waals surface area contributed by atoms with Gasteiger partial charge in [0.1, 0.15) is 11.2 Å². The number of benzene rings is 1. The molecule has 1 aliphatic rings. The van der Waals surface area contributed by atoms with Crippen molar-refractivity contribution in [3.8, 4) is 0 Å². The molecule has 130 valence electrons. The first-order valence-electron chi connectivity index (χ1n) is 7.83. The van der Waals surface area contributed by atoms with Crippen molar-refractivity contribution in [3.05, 3.63) is 44.5 Å². The Morgan fingerprint density at radius 3 is 2.76 bits per heavy atom. The van der Waals surface area contributed by atoms with Crippen LogP contribution in [-0.4, -0.2) is 43.8 Å². The van der Waals surface area contributed by atoms with Crippen molar-refractivity contribution in [2.24, 2.45) is 0 Å². The SMILES string of the molecule is O=C(O)N1CCC(c2cc(=O)[nH]c3c4c(Br)ccc(F)c4nn23)CC1. The Morgan fingerprint density at radius 1 is 1.36 bits per heavy atom. The highest BCUT2D eigenvalue weighted by Crippen LogP contribution is 2.32. The number of piperidine rings is 1. The zero-order valence-electron chi connectivity index (χ0n) is 13.0. The van der Waals surface area contributed by atoms with E-state index in [4.69, 9.17) is 5.11 Å². The molecule has 1 fully saturated rings. The molecule has 9 heteroatoms. The van der Waals surface area contributed by atoms with Crippen LogP contribution < -0.4 is 5.56 Å². The molecule has 0 radical (unpaired) electrons. The maximum Gasteiger partial charge on any atom is 0.407 e. The van der Waals surface area contributed by atoms with Gasteiger partial charge in [-0.2, -0.15) is 5.10 Å². The molecule has 0 unspecified atom stereocenters. The van der Waals surface area contributed by atoms with E-state index in [1.54, 1.807) is 10.6 Å². The van der Waals surface area contributed by atoms with Crippen molar-refractivity contribution in [2.45, 2.75) is 18.8 Å². The number of rotatable bonds is 1. The summed E-state index contributed by atoms with van der Waals surface area (Å²) in [6.45, 7) is 0.792. The van der Waals surface area contributed by atoms with Crippen molar-refractivity contribution >= 4 is 38.6 Å². The molecule has 0 aliphatic carbocycles. The Morgan fingerprint density at radius 2 is 2.08 bits per heavy atom. The fourth-order valence-electron chi connectivity index (χ4n) is 3.43. The normalized spacial score (nSPS) is 16.0. The molecule has 1 aromatic carbocycles. The van der Waals surface area contributed by atoms with Crippen LogP contribution in [-0.2, 0) is 0 Å². The highest BCUT2D eigenvalue weighted by atomic mass is 79.9. The predicted octanol–water partition coefficient (Wildman–Crippen LogP) is 2.93. The molecule has 0 atom stereocenters. The summed E-state index contributed by atoms with van der Waals surface area (Å²) in [5, 5.41) is 13.9. The van der Waals surface area contributed by atoms with Crippen LogP contribution in [0.15, 0.2) is 27.5 Å². The second-order valence-corrected chi connectivity index (χ2v) is 6.97. The number of carboxylic acid groups (broad SMARTS) is 1. The second kappa shape index (κ2) is 5.83. The summed E-state index contributed by atoms with van der Waals surface area (Å²) in [6.07, 6.45) is 0.237. The number of nitrogens with zero attached hydrogens (tertiary/aromatic N) is 3. The minimum atomic E-state index is -0.940. The Kier molecular flexibility index (Phi) is 3.75. The van der Waals surface area contributed by atoms with Gasteiger partial charge in [0, 0.05) is 29.5 Å². The van der Waals surface area contributed by atoms with Gasteiger partial charge in [0.25, 0.3) is 5.56 Å². The molecular weight excluding hydrogens is 395 g/mol. The van der Waals surface area contributed by atoms with Crippen molar-refractivity contribution in [2.75, 3.05) is 13.1 Å². The number of hydrogen-bond acceptors (Lipinski definition) is 3. The van der Waals surface area contributed by atoms with E-state index in [2.05, 4.69) is 26.0 Å². The van der Waals surface area contributed by atoms with E-state index in [0.717, 1.165) is 0 Å². The Labute approximate surface area is 149 Å². The first kappa shape index (κ1) is 16.1. The van der Waals surface area contributed by atoms with Crippen molar-refractivity contribution in [1.29, 1.82) is 0 Å². The molecule has 25 heavy (non-hydrogen) atoms. The van der Waals surface area contributed by atoms with Crippen LogP contribution in [0.3, 0.4) is 0 Å². The highest BCUT2D eigenvalue weighted by Gasteiger charge is 2.26. The quantitative estimate of drug-likeness (QED) is 0.647. The Bertz CT molecular complexity index is 1050. The number of aromatic amines is 1. The Hall–Kier alpha value is -2.42. The van der Waals surface area contributed by atoms with E-state index >= 15 is 0 Å². The first-order valence-corrected chi connectivity index (χ1v) is 8.62. The van der Waals surface area contributed by atoms with Crippen LogP contribution in [0.2, 0.25) is 0 Å². The third kappa shape index (κ3) is 2.58. The third-order valence-corrected chi connectivity index (χ3v) is 5.34. The summed E-state index contributed by atoms with van der Waals surface area (Å²) in [5.41, 5.74) is 0.998. The molecular formula is C16H14BrFN4O3. The summed E-state index contributed by atoms with van der Waals surface area (Å²) < 4.78 is 16.4. The molecule has 1 saturated heterocycles. The van der Waals surface area contributed by atoms with Gasteiger partial charge in [0.15, 0.2) is 5.82 Å². The van der Waals surface area contributed by atoms with Gasteiger partial charge in [0.2, 0.25) is 0 Å². The van der Waals surface area contributed by atoms with Crippen LogP contribution in [0.1, 0.15) is 24.5 Å². The third-order valence-electron chi connectivity index (χ3n) is 4.68. The maximum atomic E-state index is 14.2. The van der Waals surface area contributed by atoms with Crippen molar-refractivity contribution in [3.63, 3.8) is 0 Å². The average Bonchev–Trinajstić information content (AvgIpc) is 2.98. The lowest BCUT2D eigenvalue weighted by Crippen LogP contribution is -2.37. The number of halogens is 2. The summed E-state index contributed by atoms with van der Waals surface area (Å²) in [6, 6.07) is 4.36. The van der Waals surface area contributed by atoms with Crippen LogP contribution in [0.4, 0.5) is 9.18 Å². The van der Waals surface area contributed by atoms with E-state index in [0.29, 0.717) is 47.1 Å². The van der Waals surface area contributed by atoms with Gasteiger partial charge in [-0.25, -0.2) is 13.7 Å². The minimum absolute atomic E-state index is 0.0171. The van der Waals surface area contributed by atoms with Gasteiger partial charge in [-0.1, -0.05) is 0 Å². The van der Waals surface area contributed by atoms with Crippen molar-refractivity contribution in [1.82, 2.24) is 19.5 Å². The number of nitrogens with one attached hydrogen (secondary N) is 1. The van der Waals surface area contributed by atoms with Gasteiger partial charge in [0.05, 0.1) is 11.1 Å². The number of aromatic nitrogens is 3. The lowest BCUT2D eigenvalue weighted by atomic mass is 9.93. The predicted molar refractivity (Wildman–Crippen MR) is 92.5 cm³/mol. The van der Waals surface area contributed by atoms with Gasteiger partial charge in [-0.05, 0) is 40.9 Å². The second-order valence-electron chi connectivity index (χ2n) is 6.12. The molecule has 4 rings (SSSR count).